The van der Waals surface area contributed by atoms with Gasteiger partial charge in [-0.05, 0) is 24.3 Å². The van der Waals surface area contributed by atoms with Gasteiger partial charge in [0.2, 0.25) is 5.91 Å². The Labute approximate surface area is 115 Å². The van der Waals surface area contributed by atoms with Gasteiger partial charge in [-0.2, -0.15) is 0 Å². The van der Waals surface area contributed by atoms with Crippen LogP contribution < -0.4 is 10.6 Å². The van der Waals surface area contributed by atoms with E-state index in [-0.39, 0.29) is 5.91 Å². The Bertz CT molecular complexity index is 765. The Morgan fingerprint density at radius 1 is 1.20 bits per heavy atom. The SMILES string of the molecule is CC(=O)Nc1cccc(Nc2ncnc3[nH]ccc23)c1. The lowest BCUT2D eigenvalue weighted by Crippen LogP contribution is -2.05. The molecule has 100 valence electrons. The van der Waals surface area contributed by atoms with E-state index in [2.05, 4.69) is 25.6 Å². The molecule has 0 radical (unpaired) electrons. The van der Waals surface area contributed by atoms with Crippen molar-refractivity contribution in [3.8, 4) is 0 Å². The number of hydrogen-bond acceptors (Lipinski definition) is 4. The summed E-state index contributed by atoms with van der Waals surface area (Å²) in [5.41, 5.74) is 2.36. The van der Waals surface area contributed by atoms with Gasteiger partial charge in [0, 0.05) is 24.5 Å². The van der Waals surface area contributed by atoms with E-state index < -0.39 is 0 Å². The predicted molar refractivity (Wildman–Crippen MR) is 77.9 cm³/mol. The fraction of sp³-hybridized carbons (Fsp3) is 0.0714. The average Bonchev–Trinajstić information content (AvgIpc) is 2.88. The third-order valence-corrected chi connectivity index (χ3v) is 2.80. The Kier molecular flexibility index (Phi) is 3.04. The van der Waals surface area contributed by atoms with Crippen molar-refractivity contribution in [2.75, 3.05) is 10.6 Å². The molecule has 0 fully saturated rings. The van der Waals surface area contributed by atoms with Gasteiger partial charge in [-0.25, -0.2) is 9.97 Å². The fourth-order valence-electron chi connectivity index (χ4n) is 1.99. The van der Waals surface area contributed by atoms with Crippen molar-refractivity contribution in [2.24, 2.45) is 0 Å². The minimum Gasteiger partial charge on any atom is -0.346 e. The second-order valence-corrected chi connectivity index (χ2v) is 4.35. The lowest BCUT2D eigenvalue weighted by molar-refractivity contribution is -0.114. The van der Waals surface area contributed by atoms with E-state index in [1.807, 2.05) is 36.5 Å². The van der Waals surface area contributed by atoms with Crippen LogP contribution in [0.15, 0.2) is 42.9 Å². The third kappa shape index (κ3) is 2.44. The van der Waals surface area contributed by atoms with E-state index in [4.69, 9.17) is 0 Å². The highest BCUT2D eigenvalue weighted by molar-refractivity contribution is 5.91. The first kappa shape index (κ1) is 12.2. The molecule has 0 atom stereocenters. The number of carbonyl (C=O) groups excluding carboxylic acids is 1. The highest BCUT2D eigenvalue weighted by atomic mass is 16.1. The zero-order valence-electron chi connectivity index (χ0n) is 10.8. The second kappa shape index (κ2) is 5.00. The number of nitrogens with zero attached hydrogens (tertiary/aromatic N) is 2. The number of amides is 1. The molecule has 2 aromatic heterocycles. The van der Waals surface area contributed by atoms with Crippen LogP contribution >= 0.6 is 0 Å². The maximum Gasteiger partial charge on any atom is 0.221 e. The molecule has 0 aliphatic heterocycles. The molecule has 0 saturated carbocycles. The molecule has 3 rings (SSSR count). The van der Waals surface area contributed by atoms with Crippen molar-refractivity contribution in [3.05, 3.63) is 42.9 Å². The molecule has 0 aliphatic rings. The summed E-state index contributed by atoms with van der Waals surface area (Å²) in [6.45, 7) is 1.48. The summed E-state index contributed by atoms with van der Waals surface area (Å²) in [4.78, 5) is 22.5. The molecular formula is C14H13N5O. The van der Waals surface area contributed by atoms with Crippen LogP contribution in [0.25, 0.3) is 11.0 Å². The summed E-state index contributed by atoms with van der Waals surface area (Å²) in [7, 11) is 0. The molecule has 0 bridgehead atoms. The van der Waals surface area contributed by atoms with Gasteiger partial charge < -0.3 is 15.6 Å². The average molecular weight is 267 g/mol. The van der Waals surface area contributed by atoms with E-state index in [0.717, 1.165) is 28.2 Å². The highest BCUT2D eigenvalue weighted by Gasteiger charge is 2.05. The molecule has 0 unspecified atom stereocenters. The fourth-order valence-corrected chi connectivity index (χ4v) is 1.99. The number of H-pyrrole nitrogens is 1. The van der Waals surface area contributed by atoms with Crippen molar-refractivity contribution in [3.63, 3.8) is 0 Å². The molecule has 0 aliphatic carbocycles. The van der Waals surface area contributed by atoms with Crippen molar-refractivity contribution < 1.29 is 4.79 Å². The second-order valence-electron chi connectivity index (χ2n) is 4.35. The van der Waals surface area contributed by atoms with E-state index in [1.165, 1.54) is 13.3 Å². The van der Waals surface area contributed by atoms with Gasteiger partial charge in [0.05, 0.1) is 5.39 Å². The molecular weight excluding hydrogens is 254 g/mol. The zero-order chi connectivity index (χ0) is 13.9. The summed E-state index contributed by atoms with van der Waals surface area (Å²) in [5.74, 6) is 0.619. The lowest BCUT2D eigenvalue weighted by atomic mass is 10.2. The summed E-state index contributed by atoms with van der Waals surface area (Å²) >= 11 is 0. The summed E-state index contributed by atoms with van der Waals surface area (Å²) in [5, 5.41) is 6.88. The lowest BCUT2D eigenvalue weighted by Gasteiger charge is -2.08. The smallest absolute Gasteiger partial charge is 0.221 e. The Hall–Kier alpha value is -2.89. The first-order valence-corrected chi connectivity index (χ1v) is 6.15. The number of fused-ring (bicyclic) bond motifs is 1. The molecule has 6 heteroatoms. The van der Waals surface area contributed by atoms with Crippen molar-refractivity contribution in [2.45, 2.75) is 6.92 Å². The van der Waals surface area contributed by atoms with Crippen LogP contribution in [-0.2, 0) is 4.79 Å². The molecule has 3 N–H and O–H groups in total. The van der Waals surface area contributed by atoms with Crippen molar-refractivity contribution in [1.29, 1.82) is 0 Å². The van der Waals surface area contributed by atoms with Crippen molar-refractivity contribution in [1.82, 2.24) is 15.0 Å². The van der Waals surface area contributed by atoms with Gasteiger partial charge in [-0.1, -0.05) is 6.07 Å². The number of anilines is 3. The first-order valence-electron chi connectivity index (χ1n) is 6.15. The number of carbonyl (C=O) groups is 1. The number of hydrogen-bond donors (Lipinski definition) is 3. The molecule has 6 nitrogen and oxygen atoms in total. The Morgan fingerprint density at radius 3 is 2.90 bits per heavy atom. The monoisotopic (exact) mass is 267 g/mol. The molecule has 2 heterocycles. The van der Waals surface area contributed by atoms with E-state index >= 15 is 0 Å². The predicted octanol–water partition coefficient (Wildman–Crippen LogP) is 2.66. The summed E-state index contributed by atoms with van der Waals surface area (Å²) in [6, 6.07) is 9.37. The molecule has 1 aromatic carbocycles. The van der Waals surface area contributed by atoms with Crippen LogP contribution in [0, 0.1) is 0 Å². The van der Waals surface area contributed by atoms with Gasteiger partial charge in [-0.15, -0.1) is 0 Å². The Balaban J connectivity index is 1.91. The van der Waals surface area contributed by atoms with Crippen LogP contribution in [0.4, 0.5) is 17.2 Å². The van der Waals surface area contributed by atoms with Gasteiger partial charge in [0.15, 0.2) is 0 Å². The first-order chi connectivity index (χ1) is 9.72. The van der Waals surface area contributed by atoms with Crippen molar-refractivity contribution >= 4 is 34.1 Å². The molecule has 0 spiro atoms. The Morgan fingerprint density at radius 2 is 2.05 bits per heavy atom. The minimum absolute atomic E-state index is 0.0998. The zero-order valence-corrected chi connectivity index (χ0v) is 10.8. The largest absolute Gasteiger partial charge is 0.346 e. The van der Waals surface area contributed by atoms with Crippen LogP contribution in [0.5, 0.6) is 0 Å². The maximum atomic E-state index is 11.1. The van der Waals surface area contributed by atoms with Gasteiger partial charge >= 0.3 is 0 Å². The highest BCUT2D eigenvalue weighted by Crippen LogP contribution is 2.23. The number of nitrogens with one attached hydrogen (secondary N) is 3. The molecule has 20 heavy (non-hydrogen) atoms. The number of rotatable bonds is 3. The quantitative estimate of drug-likeness (QED) is 0.681. The van der Waals surface area contributed by atoms with Gasteiger partial charge in [-0.3, -0.25) is 4.79 Å². The topological polar surface area (TPSA) is 82.7 Å². The molecule has 0 saturated heterocycles. The van der Waals surface area contributed by atoms with Crippen LogP contribution in [0.1, 0.15) is 6.92 Å². The van der Waals surface area contributed by atoms with E-state index in [1.54, 1.807) is 0 Å². The third-order valence-electron chi connectivity index (χ3n) is 2.80. The normalized spacial score (nSPS) is 10.4. The van der Waals surface area contributed by atoms with Gasteiger partial charge in [0.25, 0.3) is 0 Å². The van der Waals surface area contributed by atoms with E-state index in [9.17, 15) is 4.79 Å². The molecule has 1 amide bonds. The standard InChI is InChI=1S/C14H13N5O/c1-9(20)18-10-3-2-4-11(7-10)19-14-12-5-6-15-13(12)16-8-17-14/h2-8H,1H3,(H,18,20)(H2,15,16,17,19). The summed E-state index contributed by atoms with van der Waals surface area (Å²) < 4.78 is 0. The van der Waals surface area contributed by atoms with Gasteiger partial charge in [0.1, 0.15) is 17.8 Å². The summed E-state index contributed by atoms with van der Waals surface area (Å²) in [6.07, 6.45) is 3.32. The number of benzene rings is 1. The number of aromatic amines is 1. The minimum atomic E-state index is -0.0998. The maximum absolute atomic E-state index is 11.1. The molecule has 3 aromatic rings. The van der Waals surface area contributed by atoms with Crippen LogP contribution in [0.2, 0.25) is 0 Å². The van der Waals surface area contributed by atoms with Crippen LogP contribution in [0.3, 0.4) is 0 Å². The van der Waals surface area contributed by atoms with Crippen LogP contribution in [-0.4, -0.2) is 20.9 Å². The van der Waals surface area contributed by atoms with E-state index in [0.29, 0.717) is 0 Å². The number of aromatic nitrogens is 3.